The fourth-order valence-corrected chi connectivity index (χ4v) is 3.38. The quantitative estimate of drug-likeness (QED) is 0.486. The molecule has 4 rings (SSSR count). The zero-order valence-corrected chi connectivity index (χ0v) is 16.0. The third-order valence-corrected chi connectivity index (χ3v) is 4.86. The van der Waals surface area contributed by atoms with Gasteiger partial charge >= 0.3 is 0 Å². The maximum absolute atomic E-state index is 9.34. The van der Waals surface area contributed by atoms with Crippen molar-refractivity contribution in [3.05, 3.63) is 71.4 Å². The molecule has 3 heterocycles. The number of halogens is 1. The summed E-state index contributed by atoms with van der Waals surface area (Å²) >= 11 is 6.20. The molecule has 0 radical (unpaired) electrons. The van der Waals surface area contributed by atoms with Gasteiger partial charge in [0.1, 0.15) is 17.3 Å². The van der Waals surface area contributed by atoms with Crippen molar-refractivity contribution in [2.75, 3.05) is 11.9 Å². The van der Waals surface area contributed by atoms with Crippen LogP contribution >= 0.6 is 11.6 Å². The molecule has 8 heteroatoms. The van der Waals surface area contributed by atoms with Gasteiger partial charge in [0.15, 0.2) is 5.65 Å². The molecule has 1 atom stereocenters. The van der Waals surface area contributed by atoms with E-state index in [1.54, 1.807) is 10.7 Å². The number of hydrogen-bond acceptors (Lipinski definition) is 6. The van der Waals surface area contributed by atoms with E-state index < -0.39 is 0 Å². The lowest BCUT2D eigenvalue weighted by Gasteiger charge is -2.20. The van der Waals surface area contributed by atoms with Crippen LogP contribution in [0.2, 0.25) is 5.15 Å². The Kier molecular flexibility index (Phi) is 5.18. The predicted octanol–water partition coefficient (Wildman–Crippen LogP) is 3.55. The molecule has 28 heavy (non-hydrogen) atoms. The first-order chi connectivity index (χ1) is 13.7. The fourth-order valence-electron chi connectivity index (χ4n) is 3.15. The maximum Gasteiger partial charge on any atom is 0.153 e. The smallest absolute Gasteiger partial charge is 0.153 e. The number of imidazole rings is 1. The van der Waals surface area contributed by atoms with Crippen LogP contribution in [0.4, 0.5) is 5.82 Å². The Bertz CT molecular complexity index is 1100. The van der Waals surface area contributed by atoms with E-state index in [0.717, 1.165) is 22.5 Å². The highest BCUT2D eigenvalue weighted by Crippen LogP contribution is 2.30. The zero-order chi connectivity index (χ0) is 19.5. The highest BCUT2D eigenvalue weighted by molar-refractivity contribution is 6.30. The summed E-state index contributed by atoms with van der Waals surface area (Å²) in [6.45, 7) is 1.99. The Labute approximate surface area is 167 Å². The normalized spacial score (nSPS) is 12.2. The van der Waals surface area contributed by atoms with E-state index in [0.29, 0.717) is 23.0 Å². The van der Waals surface area contributed by atoms with E-state index in [1.807, 2.05) is 49.5 Å². The second-order valence-electron chi connectivity index (χ2n) is 6.38. The van der Waals surface area contributed by atoms with Crippen molar-refractivity contribution in [3.8, 4) is 11.3 Å². The van der Waals surface area contributed by atoms with Gasteiger partial charge in [0.2, 0.25) is 0 Å². The van der Waals surface area contributed by atoms with Crippen LogP contribution < -0.4 is 5.32 Å². The number of hydrogen-bond donors (Lipinski definition) is 2. The number of fused-ring (bicyclic) bond motifs is 1. The first-order valence-corrected chi connectivity index (χ1v) is 9.31. The van der Waals surface area contributed by atoms with Crippen molar-refractivity contribution in [1.29, 1.82) is 0 Å². The molecule has 1 aromatic carbocycles. The minimum Gasteiger partial charge on any atom is -0.396 e. The van der Waals surface area contributed by atoms with Gasteiger partial charge in [-0.25, -0.2) is 19.5 Å². The molecule has 0 saturated carbocycles. The van der Waals surface area contributed by atoms with E-state index >= 15 is 0 Å². The van der Waals surface area contributed by atoms with Crippen LogP contribution in [0, 0.1) is 0 Å². The van der Waals surface area contributed by atoms with E-state index in [4.69, 9.17) is 16.7 Å². The Morgan fingerprint density at radius 3 is 2.79 bits per heavy atom. The molecule has 0 bridgehead atoms. The van der Waals surface area contributed by atoms with Crippen molar-refractivity contribution < 1.29 is 5.11 Å². The van der Waals surface area contributed by atoms with E-state index in [2.05, 4.69) is 20.3 Å². The molecule has 0 saturated heterocycles. The Hall–Kier alpha value is -3.03. The summed E-state index contributed by atoms with van der Waals surface area (Å²) in [5.41, 5.74) is 4.30. The molecule has 3 aromatic heterocycles. The third kappa shape index (κ3) is 3.54. The van der Waals surface area contributed by atoms with Crippen molar-refractivity contribution in [1.82, 2.24) is 24.6 Å². The molecule has 0 fully saturated rings. The highest BCUT2D eigenvalue weighted by atomic mass is 35.5. The van der Waals surface area contributed by atoms with Gasteiger partial charge in [-0.05, 0) is 13.0 Å². The van der Waals surface area contributed by atoms with Crippen LogP contribution in [0.5, 0.6) is 0 Å². The molecule has 1 unspecified atom stereocenters. The van der Waals surface area contributed by atoms with Gasteiger partial charge in [0.25, 0.3) is 0 Å². The van der Waals surface area contributed by atoms with Crippen molar-refractivity contribution >= 4 is 23.1 Å². The summed E-state index contributed by atoms with van der Waals surface area (Å²) in [7, 11) is 0. The lowest BCUT2D eigenvalue weighted by molar-refractivity contribution is 0.299. The first kappa shape index (κ1) is 18.3. The lowest BCUT2D eigenvalue weighted by Crippen LogP contribution is -2.14. The molecule has 0 aliphatic carbocycles. The van der Waals surface area contributed by atoms with E-state index in [1.165, 1.54) is 6.33 Å². The average molecular weight is 395 g/mol. The zero-order valence-electron chi connectivity index (χ0n) is 15.2. The minimum absolute atomic E-state index is 0.0347. The molecule has 0 aliphatic heterocycles. The molecular formula is C20H19ClN6O. The number of rotatable bonds is 6. The maximum atomic E-state index is 9.34. The third-order valence-electron chi connectivity index (χ3n) is 4.54. The van der Waals surface area contributed by atoms with Crippen molar-refractivity contribution in [2.24, 2.45) is 0 Å². The van der Waals surface area contributed by atoms with Gasteiger partial charge in [-0.15, -0.1) is 0 Å². The first-order valence-electron chi connectivity index (χ1n) is 8.94. The Balaban J connectivity index is 1.77. The molecule has 142 valence electrons. The minimum atomic E-state index is -0.132. The SMILES string of the molecule is CC(Nc1ncnc(Cl)c1CCO)c1cc2nccn2nc1-c1ccccc1. The number of nitrogens with one attached hydrogen (secondary N) is 1. The van der Waals surface area contributed by atoms with Crippen molar-refractivity contribution in [3.63, 3.8) is 0 Å². The monoisotopic (exact) mass is 394 g/mol. The second-order valence-corrected chi connectivity index (χ2v) is 6.73. The van der Waals surface area contributed by atoms with Gasteiger partial charge in [-0.1, -0.05) is 41.9 Å². The van der Waals surface area contributed by atoms with Gasteiger partial charge in [0.05, 0.1) is 11.7 Å². The number of aliphatic hydroxyl groups is 1. The lowest BCUT2D eigenvalue weighted by atomic mass is 10.0. The topological polar surface area (TPSA) is 88.2 Å². The average Bonchev–Trinajstić information content (AvgIpc) is 3.18. The fraction of sp³-hybridized carbons (Fsp3) is 0.200. The van der Waals surface area contributed by atoms with Crippen LogP contribution in [0.3, 0.4) is 0 Å². The number of aliphatic hydroxyl groups excluding tert-OH is 1. The van der Waals surface area contributed by atoms with E-state index in [-0.39, 0.29) is 12.6 Å². The second kappa shape index (κ2) is 7.92. The molecule has 7 nitrogen and oxygen atoms in total. The van der Waals surface area contributed by atoms with Crippen LogP contribution in [0.15, 0.2) is 55.1 Å². The van der Waals surface area contributed by atoms with Crippen molar-refractivity contribution in [2.45, 2.75) is 19.4 Å². The van der Waals surface area contributed by atoms with Crippen LogP contribution in [-0.4, -0.2) is 36.3 Å². The van der Waals surface area contributed by atoms with Crippen LogP contribution in [0.1, 0.15) is 24.1 Å². The van der Waals surface area contributed by atoms with Crippen LogP contribution in [0.25, 0.3) is 16.9 Å². The predicted molar refractivity (Wildman–Crippen MR) is 108 cm³/mol. The summed E-state index contributed by atoms with van der Waals surface area (Å²) in [5, 5.41) is 17.8. The Morgan fingerprint density at radius 2 is 2.00 bits per heavy atom. The molecule has 2 N–H and O–H groups in total. The van der Waals surface area contributed by atoms with Gasteiger partial charge in [0, 0.05) is 42.1 Å². The molecule has 0 amide bonds. The standard InChI is InChI=1S/C20H19ClN6O/c1-13(25-20-15(7-10-28)19(21)23-12-24-20)16-11-17-22-8-9-27(17)26-18(16)14-5-3-2-4-6-14/h2-6,8-9,11-13,28H,7,10H2,1H3,(H,23,24,25). The summed E-state index contributed by atoms with van der Waals surface area (Å²) in [6.07, 6.45) is 5.33. The van der Waals surface area contributed by atoms with Gasteiger partial charge in [-0.2, -0.15) is 5.10 Å². The molecule has 4 aromatic rings. The number of anilines is 1. The molecular weight excluding hydrogens is 376 g/mol. The van der Waals surface area contributed by atoms with E-state index in [9.17, 15) is 5.11 Å². The summed E-state index contributed by atoms with van der Waals surface area (Å²) in [5.74, 6) is 0.601. The number of benzene rings is 1. The summed E-state index contributed by atoms with van der Waals surface area (Å²) in [4.78, 5) is 12.7. The summed E-state index contributed by atoms with van der Waals surface area (Å²) < 4.78 is 1.76. The number of aromatic nitrogens is 5. The van der Waals surface area contributed by atoms with Crippen LogP contribution in [-0.2, 0) is 6.42 Å². The molecule has 0 spiro atoms. The Morgan fingerprint density at radius 1 is 1.18 bits per heavy atom. The highest BCUT2D eigenvalue weighted by Gasteiger charge is 2.18. The summed E-state index contributed by atoms with van der Waals surface area (Å²) in [6, 6.07) is 11.9. The largest absolute Gasteiger partial charge is 0.396 e. The molecule has 0 aliphatic rings. The van der Waals surface area contributed by atoms with Gasteiger partial charge < -0.3 is 10.4 Å². The van der Waals surface area contributed by atoms with Gasteiger partial charge in [-0.3, -0.25) is 0 Å². The number of nitrogens with zero attached hydrogens (tertiary/aromatic N) is 5.